The third-order valence-electron chi connectivity index (χ3n) is 2.53. The normalized spacial score (nSPS) is 36.3. The van der Waals surface area contributed by atoms with Gasteiger partial charge in [-0.1, -0.05) is 6.92 Å². The van der Waals surface area contributed by atoms with Gasteiger partial charge in [0.2, 0.25) is 0 Å². The molecule has 1 N–H and O–H groups in total. The molecule has 1 fully saturated rings. The molecule has 2 nitrogen and oxygen atoms in total. The molecule has 0 aromatic heterocycles. The van der Waals surface area contributed by atoms with Gasteiger partial charge in [0.15, 0.2) is 0 Å². The molecule has 0 aliphatic carbocycles. The first-order valence-corrected chi connectivity index (χ1v) is 4.10. The Hall–Kier alpha value is -0.0800. The largest absolute Gasteiger partial charge is 0.315 e. The van der Waals surface area contributed by atoms with Gasteiger partial charge in [0.05, 0.1) is 0 Å². The van der Waals surface area contributed by atoms with Crippen molar-refractivity contribution in [3.05, 3.63) is 0 Å². The Balaban J connectivity index is 2.38. The van der Waals surface area contributed by atoms with Gasteiger partial charge in [-0.15, -0.1) is 0 Å². The third-order valence-corrected chi connectivity index (χ3v) is 2.53. The van der Waals surface area contributed by atoms with E-state index >= 15 is 0 Å². The lowest BCUT2D eigenvalue weighted by Gasteiger charge is -2.34. The lowest BCUT2D eigenvalue weighted by atomic mass is 9.94. The third kappa shape index (κ3) is 1.70. The average molecular weight is 142 g/mol. The maximum atomic E-state index is 3.34. The number of hydrogen-bond donors (Lipinski definition) is 1. The summed E-state index contributed by atoms with van der Waals surface area (Å²) >= 11 is 0. The van der Waals surface area contributed by atoms with Crippen molar-refractivity contribution in [2.75, 3.05) is 27.2 Å². The summed E-state index contributed by atoms with van der Waals surface area (Å²) in [7, 11) is 4.25. The van der Waals surface area contributed by atoms with Crippen LogP contribution in [0.5, 0.6) is 0 Å². The Kier molecular flexibility index (Phi) is 2.69. The van der Waals surface area contributed by atoms with E-state index in [0.29, 0.717) is 6.04 Å². The van der Waals surface area contributed by atoms with Crippen molar-refractivity contribution in [1.29, 1.82) is 0 Å². The van der Waals surface area contributed by atoms with Gasteiger partial charge >= 0.3 is 0 Å². The summed E-state index contributed by atoms with van der Waals surface area (Å²) in [4.78, 5) is 2.39. The summed E-state index contributed by atoms with van der Waals surface area (Å²) in [6, 6.07) is 0.707. The molecule has 0 unspecified atom stereocenters. The molecule has 0 amide bonds. The van der Waals surface area contributed by atoms with Gasteiger partial charge in [-0.2, -0.15) is 0 Å². The molecule has 0 spiro atoms. The van der Waals surface area contributed by atoms with Crippen LogP contribution in [0.25, 0.3) is 0 Å². The highest BCUT2D eigenvalue weighted by atomic mass is 15.1. The van der Waals surface area contributed by atoms with Gasteiger partial charge < -0.3 is 10.2 Å². The van der Waals surface area contributed by atoms with E-state index in [2.05, 4.69) is 31.2 Å². The molecule has 2 atom stereocenters. The molecule has 1 rings (SSSR count). The van der Waals surface area contributed by atoms with E-state index in [0.717, 1.165) is 5.92 Å². The molecule has 1 saturated heterocycles. The van der Waals surface area contributed by atoms with Crippen LogP contribution in [0.3, 0.4) is 0 Å². The number of likely N-dealkylation sites (N-methyl/N-ethyl adjacent to an activating group) is 2. The minimum Gasteiger partial charge on any atom is -0.315 e. The number of nitrogens with zero attached hydrogens (tertiary/aromatic N) is 1. The Bertz CT molecular complexity index is 103. The fourth-order valence-corrected chi connectivity index (χ4v) is 1.61. The topological polar surface area (TPSA) is 15.3 Å². The smallest absolute Gasteiger partial charge is 0.0217 e. The molecule has 1 heterocycles. The highest BCUT2D eigenvalue weighted by molar-refractivity contribution is 4.80. The molecule has 0 aromatic rings. The fraction of sp³-hybridized carbons (Fsp3) is 1.00. The minimum absolute atomic E-state index is 0.707. The van der Waals surface area contributed by atoms with Gasteiger partial charge in [0.25, 0.3) is 0 Å². The van der Waals surface area contributed by atoms with Crippen LogP contribution in [0.2, 0.25) is 0 Å². The molecule has 1 aliphatic rings. The van der Waals surface area contributed by atoms with Crippen molar-refractivity contribution < 1.29 is 0 Å². The van der Waals surface area contributed by atoms with E-state index in [1.807, 2.05) is 0 Å². The summed E-state index contributed by atoms with van der Waals surface area (Å²) in [6.07, 6.45) is 1.34. The molecule has 0 aromatic carbocycles. The van der Waals surface area contributed by atoms with Crippen LogP contribution in [-0.4, -0.2) is 38.1 Å². The first-order valence-electron chi connectivity index (χ1n) is 4.10. The van der Waals surface area contributed by atoms with E-state index < -0.39 is 0 Å². The van der Waals surface area contributed by atoms with Crippen molar-refractivity contribution in [1.82, 2.24) is 10.2 Å². The fourth-order valence-electron chi connectivity index (χ4n) is 1.61. The Labute approximate surface area is 63.6 Å². The monoisotopic (exact) mass is 142 g/mol. The lowest BCUT2D eigenvalue weighted by molar-refractivity contribution is 0.182. The van der Waals surface area contributed by atoms with Crippen LogP contribution in [0.4, 0.5) is 0 Å². The number of likely N-dealkylation sites (tertiary alicyclic amines) is 1. The average Bonchev–Trinajstić information content (AvgIpc) is 1.94. The maximum absolute atomic E-state index is 3.34. The quantitative estimate of drug-likeness (QED) is 0.575. The first kappa shape index (κ1) is 8.02. The number of hydrogen-bond acceptors (Lipinski definition) is 2. The van der Waals surface area contributed by atoms with E-state index in [9.17, 15) is 0 Å². The first-order chi connectivity index (χ1) is 4.74. The zero-order valence-corrected chi connectivity index (χ0v) is 7.22. The molecule has 2 heteroatoms. The lowest BCUT2D eigenvalue weighted by Crippen LogP contribution is -2.47. The van der Waals surface area contributed by atoms with Crippen LogP contribution in [0.15, 0.2) is 0 Å². The Morgan fingerprint density at radius 2 is 2.20 bits per heavy atom. The van der Waals surface area contributed by atoms with E-state index in [4.69, 9.17) is 0 Å². The predicted molar refractivity (Wildman–Crippen MR) is 44.1 cm³/mol. The summed E-state index contributed by atoms with van der Waals surface area (Å²) in [6.45, 7) is 4.80. The molecule has 10 heavy (non-hydrogen) atoms. The Morgan fingerprint density at radius 3 is 2.70 bits per heavy atom. The van der Waals surface area contributed by atoms with Crippen molar-refractivity contribution in [2.45, 2.75) is 19.4 Å². The van der Waals surface area contributed by atoms with Crippen molar-refractivity contribution in [3.63, 3.8) is 0 Å². The van der Waals surface area contributed by atoms with Crippen molar-refractivity contribution >= 4 is 0 Å². The second-order valence-electron chi connectivity index (χ2n) is 3.42. The highest BCUT2D eigenvalue weighted by Crippen LogP contribution is 2.14. The van der Waals surface area contributed by atoms with Crippen LogP contribution < -0.4 is 5.32 Å². The van der Waals surface area contributed by atoms with E-state index in [-0.39, 0.29) is 0 Å². The zero-order chi connectivity index (χ0) is 7.56. The zero-order valence-electron chi connectivity index (χ0n) is 7.22. The molecule has 0 radical (unpaired) electrons. The SMILES string of the molecule is CN[C@H]1CN(C)CC[C@H]1C. The van der Waals surface area contributed by atoms with Crippen molar-refractivity contribution in [3.8, 4) is 0 Å². The number of rotatable bonds is 1. The molecule has 0 saturated carbocycles. The molecular formula is C8H18N2. The number of piperidine rings is 1. The molecule has 1 aliphatic heterocycles. The van der Waals surface area contributed by atoms with Gasteiger partial charge in [-0.25, -0.2) is 0 Å². The summed E-state index contributed by atoms with van der Waals surface area (Å²) in [5.74, 6) is 0.848. The summed E-state index contributed by atoms with van der Waals surface area (Å²) < 4.78 is 0. The highest BCUT2D eigenvalue weighted by Gasteiger charge is 2.21. The van der Waals surface area contributed by atoms with Crippen LogP contribution >= 0.6 is 0 Å². The maximum Gasteiger partial charge on any atom is 0.0217 e. The van der Waals surface area contributed by atoms with Gasteiger partial charge in [-0.05, 0) is 33.0 Å². The van der Waals surface area contributed by atoms with Gasteiger partial charge in [-0.3, -0.25) is 0 Å². The number of nitrogens with one attached hydrogen (secondary N) is 1. The summed E-state index contributed by atoms with van der Waals surface area (Å²) in [5, 5.41) is 3.34. The van der Waals surface area contributed by atoms with Crippen LogP contribution in [-0.2, 0) is 0 Å². The predicted octanol–water partition coefficient (Wildman–Crippen LogP) is 0.546. The minimum atomic E-state index is 0.707. The van der Waals surface area contributed by atoms with E-state index in [1.165, 1.54) is 19.5 Å². The molecular weight excluding hydrogens is 124 g/mol. The molecule has 0 bridgehead atoms. The second-order valence-corrected chi connectivity index (χ2v) is 3.42. The second kappa shape index (κ2) is 3.35. The standard InChI is InChI=1S/C8H18N2/c1-7-4-5-10(3)6-8(7)9-2/h7-9H,4-6H2,1-3H3/t7-,8+/m1/s1. The molecule has 60 valence electrons. The Morgan fingerprint density at radius 1 is 1.50 bits per heavy atom. The van der Waals surface area contributed by atoms with Crippen LogP contribution in [0, 0.1) is 5.92 Å². The van der Waals surface area contributed by atoms with E-state index in [1.54, 1.807) is 0 Å². The van der Waals surface area contributed by atoms with Gasteiger partial charge in [0, 0.05) is 12.6 Å². The summed E-state index contributed by atoms with van der Waals surface area (Å²) in [5.41, 5.74) is 0. The van der Waals surface area contributed by atoms with Crippen molar-refractivity contribution in [2.24, 2.45) is 5.92 Å². The van der Waals surface area contributed by atoms with Crippen LogP contribution in [0.1, 0.15) is 13.3 Å². The van der Waals surface area contributed by atoms with Gasteiger partial charge in [0.1, 0.15) is 0 Å².